The maximum atomic E-state index is 11.2. The van der Waals surface area contributed by atoms with Crippen LogP contribution in [0.3, 0.4) is 0 Å². The van der Waals surface area contributed by atoms with Gasteiger partial charge in [-0.2, -0.15) is 0 Å². The fourth-order valence-electron chi connectivity index (χ4n) is 2.06. The Morgan fingerprint density at radius 1 is 1.44 bits per heavy atom. The second-order valence-electron chi connectivity index (χ2n) is 4.38. The highest BCUT2D eigenvalue weighted by molar-refractivity contribution is 7.89. The Morgan fingerprint density at radius 3 is 2.72 bits per heavy atom. The van der Waals surface area contributed by atoms with Crippen LogP contribution < -0.4 is 15.8 Å². The average molecular weight is 271 g/mol. The summed E-state index contributed by atoms with van der Waals surface area (Å²) < 4.78 is 27.8. The first-order valence-electron chi connectivity index (χ1n) is 5.66. The van der Waals surface area contributed by atoms with E-state index in [1.54, 1.807) is 6.07 Å². The molecule has 0 aromatic heterocycles. The zero-order chi connectivity index (χ0) is 13.3. The standard InChI is InChI=1S/C11H17N3O3S/c1-8-7-17-5-4-14(8)11-3-2-9(6-10(11)12)18(13,15)16/h2-3,6,8H,4-5,7,12H2,1H3,(H2,13,15,16). The number of hydrogen-bond donors (Lipinski definition) is 2. The first-order valence-corrected chi connectivity index (χ1v) is 7.21. The molecule has 0 saturated carbocycles. The van der Waals surface area contributed by atoms with Gasteiger partial charge in [-0.3, -0.25) is 0 Å². The summed E-state index contributed by atoms with van der Waals surface area (Å²) in [5.74, 6) is 0. The van der Waals surface area contributed by atoms with Crippen LogP contribution in [0, 0.1) is 0 Å². The van der Waals surface area contributed by atoms with Gasteiger partial charge in [-0.15, -0.1) is 0 Å². The number of ether oxygens (including phenoxy) is 1. The van der Waals surface area contributed by atoms with Crippen LogP contribution in [0.25, 0.3) is 0 Å². The Labute approximate surface area is 107 Å². The van der Waals surface area contributed by atoms with Crippen molar-refractivity contribution in [3.8, 4) is 0 Å². The van der Waals surface area contributed by atoms with Gasteiger partial charge >= 0.3 is 0 Å². The van der Waals surface area contributed by atoms with Crippen molar-refractivity contribution >= 4 is 21.4 Å². The van der Waals surface area contributed by atoms with Crippen molar-refractivity contribution in [2.24, 2.45) is 5.14 Å². The maximum Gasteiger partial charge on any atom is 0.238 e. The summed E-state index contributed by atoms with van der Waals surface area (Å²) in [5, 5.41) is 5.06. The molecule has 1 atom stereocenters. The highest BCUT2D eigenvalue weighted by Gasteiger charge is 2.21. The molecular formula is C11H17N3O3S. The van der Waals surface area contributed by atoms with Crippen molar-refractivity contribution in [1.29, 1.82) is 0 Å². The molecule has 1 saturated heterocycles. The van der Waals surface area contributed by atoms with Crippen molar-refractivity contribution in [1.82, 2.24) is 0 Å². The van der Waals surface area contributed by atoms with Gasteiger partial charge in [0.1, 0.15) is 0 Å². The molecule has 0 bridgehead atoms. The Balaban J connectivity index is 2.35. The van der Waals surface area contributed by atoms with Gasteiger partial charge in [0.2, 0.25) is 10.0 Å². The second-order valence-corrected chi connectivity index (χ2v) is 5.94. The van der Waals surface area contributed by atoms with Crippen LogP contribution >= 0.6 is 0 Å². The molecule has 0 amide bonds. The van der Waals surface area contributed by atoms with E-state index in [4.69, 9.17) is 15.6 Å². The summed E-state index contributed by atoms with van der Waals surface area (Å²) in [5.41, 5.74) is 7.14. The molecule has 2 rings (SSSR count). The Morgan fingerprint density at radius 2 is 2.17 bits per heavy atom. The first kappa shape index (κ1) is 13.1. The minimum atomic E-state index is -3.71. The van der Waals surface area contributed by atoms with E-state index in [9.17, 15) is 8.42 Å². The lowest BCUT2D eigenvalue weighted by molar-refractivity contribution is 0.0990. The monoisotopic (exact) mass is 271 g/mol. The summed E-state index contributed by atoms with van der Waals surface area (Å²) in [6.07, 6.45) is 0. The summed E-state index contributed by atoms with van der Waals surface area (Å²) in [7, 11) is -3.71. The number of benzene rings is 1. The lowest BCUT2D eigenvalue weighted by Crippen LogP contribution is -2.44. The molecule has 1 aromatic carbocycles. The van der Waals surface area contributed by atoms with Gasteiger partial charge in [0.25, 0.3) is 0 Å². The number of hydrogen-bond acceptors (Lipinski definition) is 5. The van der Waals surface area contributed by atoms with Gasteiger partial charge in [-0.05, 0) is 25.1 Å². The molecule has 18 heavy (non-hydrogen) atoms. The lowest BCUT2D eigenvalue weighted by atomic mass is 10.2. The Bertz CT molecular complexity index is 544. The minimum absolute atomic E-state index is 0.0321. The van der Waals surface area contributed by atoms with E-state index in [-0.39, 0.29) is 10.9 Å². The van der Waals surface area contributed by atoms with Crippen LogP contribution in [0.5, 0.6) is 0 Å². The lowest BCUT2D eigenvalue weighted by Gasteiger charge is -2.36. The molecular weight excluding hydrogens is 254 g/mol. The molecule has 6 nitrogen and oxygen atoms in total. The van der Waals surface area contributed by atoms with Crippen LogP contribution in [-0.4, -0.2) is 34.2 Å². The normalized spacial score (nSPS) is 21.0. The number of morpholine rings is 1. The van der Waals surface area contributed by atoms with Crippen LogP contribution in [0.15, 0.2) is 23.1 Å². The quantitative estimate of drug-likeness (QED) is 0.746. The van der Waals surface area contributed by atoms with Crippen molar-refractivity contribution in [3.05, 3.63) is 18.2 Å². The number of primary sulfonamides is 1. The van der Waals surface area contributed by atoms with Crippen LogP contribution in [0.2, 0.25) is 0 Å². The zero-order valence-corrected chi connectivity index (χ0v) is 11.0. The molecule has 1 aromatic rings. The Hall–Kier alpha value is -1.31. The molecule has 7 heteroatoms. The molecule has 1 heterocycles. The molecule has 4 N–H and O–H groups in total. The van der Waals surface area contributed by atoms with Gasteiger partial charge in [-0.1, -0.05) is 0 Å². The third-order valence-electron chi connectivity index (χ3n) is 3.00. The molecule has 1 aliphatic heterocycles. The van der Waals surface area contributed by atoms with E-state index < -0.39 is 10.0 Å². The summed E-state index contributed by atoms with van der Waals surface area (Å²) in [6, 6.07) is 4.77. The average Bonchev–Trinajstić information content (AvgIpc) is 2.29. The third-order valence-corrected chi connectivity index (χ3v) is 3.92. The van der Waals surface area contributed by atoms with Gasteiger partial charge in [-0.25, -0.2) is 13.6 Å². The second kappa shape index (κ2) is 4.75. The van der Waals surface area contributed by atoms with Gasteiger partial charge in [0.05, 0.1) is 29.5 Å². The number of anilines is 2. The molecule has 1 fully saturated rings. The predicted molar refractivity (Wildman–Crippen MR) is 69.9 cm³/mol. The molecule has 0 spiro atoms. The molecule has 1 aliphatic rings. The SMILES string of the molecule is CC1COCCN1c1ccc(S(N)(=O)=O)cc1N. The van der Waals surface area contributed by atoms with E-state index >= 15 is 0 Å². The third kappa shape index (κ3) is 2.58. The van der Waals surface area contributed by atoms with Crippen LogP contribution in [-0.2, 0) is 14.8 Å². The van der Waals surface area contributed by atoms with Crippen molar-refractivity contribution in [2.75, 3.05) is 30.4 Å². The summed E-state index contributed by atoms with van der Waals surface area (Å²) in [4.78, 5) is 2.14. The number of rotatable bonds is 2. The van der Waals surface area contributed by atoms with Crippen molar-refractivity contribution in [2.45, 2.75) is 17.9 Å². The largest absolute Gasteiger partial charge is 0.397 e. The number of nitrogens with zero attached hydrogens (tertiary/aromatic N) is 1. The fourth-order valence-corrected chi connectivity index (χ4v) is 2.61. The van der Waals surface area contributed by atoms with E-state index in [2.05, 4.69) is 4.90 Å². The minimum Gasteiger partial charge on any atom is -0.397 e. The van der Waals surface area contributed by atoms with Gasteiger partial charge in [0, 0.05) is 12.6 Å². The highest BCUT2D eigenvalue weighted by atomic mass is 32.2. The summed E-state index contributed by atoms with van der Waals surface area (Å²) in [6.45, 7) is 4.05. The smallest absolute Gasteiger partial charge is 0.238 e. The number of nitrogen functional groups attached to an aromatic ring is 1. The van der Waals surface area contributed by atoms with Gasteiger partial charge < -0.3 is 15.4 Å². The van der Waals surface area contributed by atoms with Crippen molar-refractivity contribution < 1.29 is 13.2 Å². The highest BCUT2D eigenvalue weighted by Crippen LogP contribution is 2.28. The molecule has 100 valence electrons. The Kier molecular flexibility index (Phi) is 3.47. The first-order chi connectivity index (χ1) is 8.39. The molecule has 0 aliphatic carbocycles. The summed E-state index contributed by atoms with van der Waals surface area (Å²) >= 11 is 0. The van der Waals surface area contributed by atoms with Crippen molar-refractivity contribution in [3.63, 3.8) is 0 Å². The van der Waals surface area contributed by atoms with E-state index in [0.29, 0.717) is 18.9 Å². The topological polar surface area (TPSA) is 98.6 Å². The van der Waals surface area contributed by atoms with Crippen LogP contribution in [0.4, 0.5) is 11.4 Å². The number of nitrogens with two attached hydrogens (primary N) is 2. The zero-order valence-electron chi connectivity index (χ0n) is 10.2. The van der Waals surface area contributed by atoms with E-state index in [1.165, 1.54) is 12.1 Å². The molecule has 0 radical (unpaired) electrons. The van der Waals surface area contributed by atoms with E-state index in [1.807, 2.05) is 6.92 Å². The van der Waals surface area contributed by atoms with Gasteiger partial charge in [0.15, 0.2) is 0 Å². The fraction of sp³-hybridized carbons (Fsp3) is 0.455. The maximum absolute atomic E-state index is 11.2. The predicted octanol–water partition coefficient (Wildman–Crippen LogP) is 0.141. The molecule has 1 unspecified atom stereocenters. The number of sulfonamides is 1. The van der Waals surface area contributed by atoms with Crippen LogP contribution in [0.1, 0.15) is 6.92 Å². The van der Waals surface area contributed by atoms with E-state index in [0.717, 1.165) is 12.2 Å².